The molecule has 0 saturated carbocycles. The zero-order valence-electron chi connectivity index (χ0n) is 61.6. The first-order valence-corrected chi connectivity index (χ1v) is 41.8. The highest BCUT2D eigenvalue weighted by Gasteiger charge is 2.30. The number of rotatable bonds is 72. The summed E-state index contributed by atoms with van der Waals surface area (Å²) in [4.78, 5) is 72.6. The van der Waals surface area contributed by atoms with E-state index in [-0.39, 0.29) is 25.7 Å². The zero-order valence-corrected chi connectivity index (χ0v) is 63.4. The maximum Gasteiger partial charge on any atom is 0.472 e. The summed E-state index contributed by atoms with van der Waals surface area (Å²) in [5, 5.41) is 10.6. The number of aliphatic hydroxyl groups excluding tert-OH is 1. The van der Waals surface area contributed by atoms with Gasteiger partial charge in [-0.25, -0.2) is 9.13 Å². The average Bonchev–Trinajstić information content (AvgIpc) is 1.77. The van der Waals surface area contributed by atoms with Gasteiger partial charge in [-0.2, -0.15) is 0 Å². The average molecular weight is 1380 g/mol. The Hall–Kier alpha value is -1.94. The largest absolute Gasteiger partial charge is 0.472 e. The minimum atomic E-state index is -4.96. The summed E-state index contributed by atoms with van der Waals surface area (Å²) in [5.74, 6) is 0.918. The lowest BCUT2D eigenvalue weighted by molar-refractivity contribution is -0.161. The van der Waals surface area contributed by atoms with Crippen LogP contribution in [0.2, 0.25) is 0 Å². The number of esters is 4. The van der Waals surface area contributed by atoms with Crippen LogP contribution in [-0.2, 0) is 65.4 Å². The van der Waals surface area contributed by atoms with Gasteiger partial charge in [0.05, 0.1) is 26.4 Å². The van der Waals surface area contributed by atoms with E-state index in [1.807, 2.05) is 0 Å². The third-order valence-electron chi connectivity index (χ3n) is 18.0. The fourth-order valence-electron chi connectivity index (χ4n) is 11.3. The van der Waals surface area contributed by atoms with Crippen LogP contribution in [0.15, 0.2) is 0 Å². The molecule has 0 rings (SSSR count). The highest BCUT2D eigenvalue weighted by Crippen LogP contribution is 2.45. The van der Waals surface area contributed by atoms with Crippen molar-refractivity contribution in [3.63, 3.8) is 0 Å². The number of ether oxygens (including phenoxy) is 4. The van der Waals surface area contributed by atoms with Crippen molar-refractivity contribution in [3.05, 3.63) is 0 Å². The predicted molar refractivity (Wildman–Crippen MR) is 381 cm³/mol. The molecule has 0 fully saturated rings. The molecule has 94 heavy (non-hydrogen) atoms. The quantitative estimate of drug-likeness (QED) is 0.0222. The Bertz CT molecular complexity index is 1850. The molecule has 0 aliphatic carbocycles. The van der Waals surface area contributed by atoms with Crippen LogP contribution in [0.3, 0.4) is 0 Å². The summed E-state index contributed by atoms with van der Waals surface area (Å²) in [6.07, 6.45) is 48.8. The normalized spacial score (nSPS) is 14.7. The molecule has 0 bridgehead atoms. The molecule has 0 aromatic heterocycles. The second-order valence-electron chi connectivity index (χ2n) is 28.5. The number of carbonyl (C=O) groups excluding carboxylic acids is 4. The molecule has 0 heterocycles. The Balaban J connectivity index is 5.15. The van der Waals surface area contributed by atoms with Crippen molar-refractivity contribution in [2.45, 2.75) is 395 Å². The minimum absolute atomic E-state index is 0.104. The van der Waals surface area contributed by atoms with Crippen LogP contribution < -0.4 is 0 Å². The SMILES string of the molecule is CCC(C)CCCCCCCCCCCCCCCCCCCCC(=O)O[C@H](COC(=O)CCCCCCCCC(C)C)COP(=O)(O)OC[C@H](O)COP(=O)(O)OC[C@@H](COC(=O)CCCCCCCCCCC(C)CC)OC(=O)CCCCCCCCCCC(C)C. The van der Waals surface area contributed by atoms with E-state index in [9.17, 15) is 43.2 Å². The maximum absolute atomic E-state index is 13.0. The number of hydrogen-bond acceptors (Lipinski definition) is 15. The van der Waals surface area contributed by atoms with Gasteiger partial charge in [-0.15, -0.1) is 0 Å². The third-order valence-corrected chi connectivity index (χ3v) is 19.9. The van der Waals surface area contributed by atoms with Crippen LogP contribution in [-0.4, -0.2) is 96.7 Å². The molecule has 0 radical (unpaired) electrons. The molecule has 19 heteroatoms. The third kappa shape index (κ3) is 66.0. The van der Waals surface area contributed by atoms with Crippen LogP contribution in [0.5, 0.6) is 0 Å². The number of phosphoric ester groups is 2. The molecule has 7 atom stereocenters. The van der Waals surface area contributed by atoms with E-state index in [0.29, 0.717) is 31.6 Å². The fraction of sp³-hybridized carbons (Fsp3) is 0.947. The van der Waals surface area contributed by atoms with Crippen LogP contribution in [0, 0.1) is 23.7 Å². The Morgan fingerprint density at radius 1 is 0.298 bits per heavy atom. The molecule has 0 saturated heterocycles. The van der Waals surface area contributed by atoms with Gasteiger partial charge >= 0.3 is 39.5 Å². The second kappa shape index (κ2) is 64.4. The molecule has 558 valence electrons. The van der Waals surface area contributed by atoms with Crippen molar-refractivity contribution in [1.29, 1.82) is 0 Å². The van der Waals surface area contributed by atoms with Gasteiger partial charge in [0.2, 0.25) is 0 Å². The van der Waals surface area contributed by atoms with Gasteiger partial charge in [0.15, 0.2) is 12.2 Å². The van der Waals surface area contributed by atoms with Crippen molar-refractivity contribution >= 4 is 39.5 Å². The molecule has 0 amide bonds. The van der Waals surface area contributed by atoms with E-state index >= 15 is 0 Å². The summed E-state index contributed by atoms with van der Waals surface area (Å²) >= 11 is 0. The van der Waals surface area contributed by atoms with Gasteiger partial charge < -0.3 is 33.8 Å². The number of unbranched alkanes of at least 4 members (excludes halogenated alkanes) is 36. The Kier molecular flexibility index (Phi) is 63.1. The molecule has 0 aromatic carbocycles. The molecule has 0 aromatic rings. The highest BCUT2D eigenvalue weighted by atomic mass is 31.2. The first-order valence-electron chi connectivity index (χ1n) is 38.8. The smallest absolute Gasteiger partial charge is 0.462 e. The monoisotopic (exact) mass is 1380 g/mol. The lowest BCUT2D eigenvalue weighted by atomic mass is 9.99. The Labute approximate surface area is 575 Å². The van der Waals surface area contributed by atoms with E-state index in [0.717, 1.165) is 114 Å². The summed E-state index contributed by atoms with van der Waals surface area (Å²) in [5.41, 5.74) is 0. The van der Waals surface area contributed by atoms with Gasteiger partial charge in [-0.3, -0.25) is 37.3 Å². The standard InChI is InChI=1S/C75H146O17P2/c1-9-67(7)53-45-37-28-21-19-17-15-13-11-12-14-16-18-20-22-31-41-49-57-74(79)91-71(62-86-73(78)56-48-40-34-33-36-44-52-66(5)6)64-90-94(83,84)88-60-69(76)59-87-93(81,82)89-63-70(92-75(80)58-50-42-32-25-23-27-35-43-51-65(3)4)61-85-72(77)55-47-39-30-26-24-29-38-46-54-68(8)10-2/h65-71,76H,9-64H2,1-8H3,(H,81,82)(H,83,84)/t67?,68?,69-,70-,71-/m1/s1. The topological polar surface area (TPSA) is 237 Å². The number of carbonyl (C=O) groups is 4. The summed E-state index contributed by atoms with van der Waals surface area (Å²) in [7, 11) is -9.91. The van der Waals surface area contributed by atoms with Crippen LogP contribution >= 0.6 is 15.6 Å². The lowest BCUT2D eigenvalue weighted by Crippen LogP contribution is -2.30. The number of hydrogen-bond donors (Lipinski definition) is 3. The number of phosphoric acid groups is 2. The number of aliphatic hydroxyl groups is 1. The summed E-state index contributed by atoms with van der Waals surface area (Å²) in [6, 6.07) is 0. The van der Waals surface area contributed by atoms with Crippen molar-refractivity contribution in [3.8, 4) is 0 Å². The van der Waals surface area contributed by atoms with Crippen molar-refractivity contribution in [2.24, 2.45) is 23.7 Å². The molecule has 17 nitrogen and oxygen atoms in total. The van der Waals surface area contributed by atoms with Gasteiger partial charge in [0.25, 0.3) is 0 Å². The van der Waals surface area contributed by atoms with Crippen molar-refractivity contribution < 1.29 is 80.2 Å². The molecule has 0 aliphatic rings. The predicted octanol–water partition coefficient (Wildman–Crippen LogP) is 21.7. The van der Waals surface area contributed by atoms with Crippen LogP contribution in [0.25, 0.3) is 0 Å². The first-order chi connectivity index (χ1) is 45.2. The molecule has 0 spiro atoms. The van der Waals surface area contributed by atoms with E-state index < -0.39 is 97.5 Å². The molecule has 3 N–H and O–H groups in total. The molecule has 0 aliphatic heterocycles. The first kappa shape index (κ1) is 92.1. The van der Waals surface area contributed by atoms with Gasteiger partial charge in [-0.1, -0.05) is 325 Å². The van der Waals surface area contributed by atoms with Crippen molar-refractivity contribution in [2.75, 3.05) is 39.6 Å². The van der Waals surface area contributed by atoms with E-state index in [1.165, 1.54) is 173 Å². The highest BCUT2D eigenvalue weighted by molar-refractivity contribution is 7.47. The lowest BCUT2D eigenvalue weighted by Gasteiger charge is -2.21. The second-order valence-corrected chi connectivity index (χ2v) is 31.4. The van der Waals surface area contributed by atoms with E-state index in [4.69, 9.17) is 37.0 Å². The zero-order chi connectivity index (χ0) is 69.6. The summed E-state index contributed by atoms with van der Waals surface area (Å²) in [6.45, 7) is 14.1. The fourth-order valence-corrected chi connectivity index (χ4v) is 12.9. The Morgan fingerprint density at radius 3 is 0.755 bits per heavy atom. The van der Waals surface area contributed by atoms with Gasteiger partial charge in [0, 0.05) is 25.7 Å². The molecular weight excluding hydrogens is 1230 g/mol. The van der Waals surface area contributed by atoms with Gasteiger partial charge in [-0.05, 0) is 49.4 Å². The maximum atomic E-state index is 13.0. The van der Waals surface area contributed by atoms with Crippen LogP contribution in [0.4, 0.5) is 0 Å². The summed E-state index contributed by atoms with van der Waals surface area (Å²) < 4.78 is 68.4. The molecular formula is C75H146O17P2. The van der Waals surface area contributed by atoms with Crippen LogP contribution in [0.1, 0.15) is 376 Å². The van der Waals surface area contributed by atoms with Crippen molar-refractivity contribution in [1.82, 2.24) is 0 Å². The van der Waals surface area contributed by atoms with E-state index in [2.05, 4.69) is 55.4 Å². The Morgan fingerprint density at radius 2 is 0.511 bits per heavy atom. The minimum Gasteiger partial charge on any atom is -0.462 e. The molecule has 4 unspecified atom stereocenters. The van der Waals surface area contributed by atoms with E-state index in [1.54, 1.807) is 0 Å². The van der Waals surface area contributed by atoms with Gasteiger partial charge in [0.1, 0.15) is 19.3 Å².